The molecule has 0 saturated carbocycles. The quantitative estimate of drug-likeness (QED) is 0.546. The van der Waals surface area contributed by atoms with Crippen molar-refractivity contribution in [2.75, 3.05) is 11.9 Å². The second-order valence-electron chi connectivity index (χ2n) is 3.75. The summed E-state index contributed by atoms with van der Waals surface area (Å²) in [5.74, 6) is 0.965. The summed E-state index contributed by atoms with van der Waals surface area (Å²) in [5, 5.41) is 0.973. The fraction of sp³-hybridized carbons (Fsp3) is 0.200. The first kappa shape index (κ1) is 13.5. The van der Waals surface area contributed by atoms with Crippen molar-refractivity contribution in [1.82, 2.24) is 0 Å². The summed E-state index contributed by atoms with van der Waals surface area (Å²) in [5.41, 5.74) is 0. The average Bonchev–Trinajstić information content (AvgIpc) is 2.42. The third-order valence-corrected chi connectivity index (χ3v) is 3.98. The standard InChI is InChI=1S/C15H15BrOS/c16-11-6-12-17-14-9-4-5-10-15(14)18-13-7-2-1-3-8-13/h1-5,7-10H,6,11-12H2. The van der Waals surface area contributed by atoms with Gasteiger partial charge in [0.05, 0.1) is 11.5 Å². The molecule has 0 N–H and O–H groups in total. The third kappa shape index (κ3) is 4.07. The Bertz CT molecular complexity index is 473. The lowest BCUT2D eigenvalue weighted by atomic mass is 10.3. The zero-order chi connectivity index (χ0) is 12.6. The topological polar surface area (TPSA) is 9.23 Å². The maximum Gasteiger partial charge on any atom is 0.133 e. The van der Waals surface area contributed by atoms with Crippen molar-refractivity contribution in [2.24, 2.45) is 0 Å². The molecule has 0 spiro atoms. The van der Waals surface area contributed by atoms with E-state index < -0.39 is 0 Å². The number of hydrogen-bond acceptors (Lipinski definition) is 2. The van der Waals surface area contributed by atoms with Crippen LogP contribution < -0.4 is 4.74 Å². The van der Waals surface area contributed by atoms with Crippen molar-refractivity contribution in [2.45, 2.75) is 16.2 Å². The van der Waals surface area contributed by atoms with Crippen molar-refractivity contribution in [1.29, 1.82) is 0 Å². The molecule has 2 aromatic carbocycles. The van der Waals surface area contributed by atoms with Gasteiger partial charge in [-0.25, -0.2) is 0 Å². The molecule has 0 aliphatic rings. The molecule has 0 aromatic heterocycles. The average molecular weight is 323 g/mol. The molecule has 0 bridgehead atoms. The number of benzene rings is 2. The Kier molecular flexibility index (Phi) is 5.62. The Morgan fingerprint density at radius 1 is 0.944 bits per heavy atom. The minimum atomic E-state index is 0.748. The predicted molar refractivity (Wildman–Crippen MR) is 80.9 cm³/mol. The van der Waals surface area contributed by atoms with Crippen LogP contribution in [0.4, 0.5) is 0 Å². The van der Waals surface area contributed by atoms with Gasteiger partial charge >= 0.3 is 0 Å². The van der Waals surface area contributed by atoms with Crippen LogP contribution in [-0.2, 0) is 0 Å². The number of alkyl halides is 1. The van der Waals surface area contributed by atoms with E-state index in [1.54, 1.807) is 11.8 Å². The van der Waals surface area contributed by atoms with Crippen LogP contribution in [0, 0.1) is 0 Å². The van der Waals surface area contributed by atoms with Crippen LogP contribution in [0.15, 0.2) is 64.4 Å². The summed E-state index contributed by atoms with van der Waals surface area (Å²) >= 11 is 5.15. The van der Waals surface area contributed by atoms with Crippen molar-refractivity contribution < 1.29 is 4.74 Å². The molecule has 0 unspecified atom stereocenters. The molecule has 0 atom stereocenters. The number of hydrogen-bond donors (Lipinski definition) is 0. The lowest BCUT2D eigenvalue weighted by Gasteiger charge is -2.10. The van der Waals surface area contributed by atoms with E-state index in [0.29, 0.717) is 0 Å². The van der Waals surface area contributed by atoms with Gasteiger partial charge in [-0.15, -0.1) is 0 Å². The minimum absolute atomic E-state index is 0.748. The van der Waals surface area contributed by atoms with Gasteiger partial charge < -0.3 is 4.74 Å². The highest BCUT2D eigenvalue weighted by molar-refractivity contribution is 9.09. The van der Waals surface area contributed by atoms with Crippen LogP contribution in [0.2, 0.25) is 0 Å². The van der Waals surface area contributed by atoms with E-state index in [1.165, 1.54) is 9.79 Å². The van der Waals surface area contributed by atoms with Gasteiger partial charge in [0.1, 0.15) is 5.75 Å². The van der Waals surface area contributed by atoms with E-state index in [-0.39, 0.29) is 0 Å². The van der Waals surface area contributed by atoms with Gasteiger partial charge in [0.25, 0.3) is 0 Å². The number of para-hydroxylation sites is 1. The first-order chi connectivity index (χ1) is 8.90. The third-order valence-electron chi connectivity index (χ3n) is 2.36. The molecule has 1 nitrogen and oxygen atoms in total. The monoisotopic (exact) mass is 322 g/mol. The highest BCUT2D eigenvalue weighted by Crippen LogP contribution is 2.34. The van der Waals surface area contributed by atoms with Gasteiger partial charge in [-0.3, -0.25) is 0 Å². The van der Waals surface area contributed by atoms with Crippen LogP contribution in [0.25, 0.3) is 0 Å². The summed E-state index contributed by atoms with van der Waals surface area (Å²) in [7, 11) is 0. The summed E-state index contributed by atoms with van der Waals surface area (Å²) in [6.45, 7) is 0.748. The second-order valence-corrected chi connectivity index (χ2v) is 5.66. The molecule has 0 amide bonds. The highest BCUT2D eigenvalue weighted by Gasteiger charge is 2.04. The maximum absolute atomic E-state index is 5.80. The first-order valence-corrected chi connectivity index (χ1v) is 7.84. The van der Waals surface area contributed by atoms with Crippen molar-refractivity contribution in [3.05, 3.63) is 54.6 Å². The van der Waals surface area contributed by atoms with Crippen LogP contribution in [0.1, 0.15) is 6.42 Å². The number of rotatable bonds is 6. The zero-order valence-corrected chi connectivity index (χ0v) is 12.4. The Hall–Kier alpha value is -0.930. The van der Waals surface area contributed by atoms with E-state index in [9.17, 15) is 0 Å². The van der Waals surface area contributed by atoms with Gasteiger partial charge in [0, 0.05) is 10.2 Å². The molecular formula is C15H15BrOS. The molecule has 0 fully saturated rings. The molecule has 0 radical (unpaired) electrons. The predicted octanol–water partition coefficient (Wildman–Crippen LogP) is 5.00. The first-order valence-electron chi connectivity index (χ1n) is 5.91. The molecule has 0 aliphatic carbocycles. The van der Waals surface area contributed by atoms with E-state index in [0.717, 1.165) is 24.1 Å². The van der Waals surface area contributed by atoms with E-state index in [1.807, 2.05) is 24.3 Å². The van der Waals surface area contributed by atoms with E-state index >= 15 is 0 Å². The molecule has 0 aliphatic heterocycles. The van der Waals surface area contributed by atoms with Gasteiger partial charge in [-0.1, -0.05) is 58.0 Å². The zero-order valence-electron chi connectivity index (χ0n) is 10.0. The summed E-state index contributed by atoms with van der Waals surface area (Å²) in [4.78, 5) is 2.40. The second kappa shape index (κ2) is 7.49. The van der Waals surface area contributed by atoms with Crippen molar-refractivity contribution >= 4 is 27.7 Å². The van der Waals surface area contributed by atoms with E-state index in [4.69, 9.17) is 4.74 Å². The molecule has 0 saturated heterocycles. The van der Waals surface area contributed by atoms with Crippen molar-refractivity contribution in [3.8, 4) is 5.75 Å². The Labute approximate surface area is 121 Å². The molecular weight excluding hydrogens is 308 g/mol. The summed E-state index contributed by atoms with van der Waals surface area (Å²) in [6.07, 6.45) is 1.02. The maximum atomic E-state index is 5.80. The molecule has 18 heavy (non-hydrogen) atoms. The molecule has 0 heterocycles. The lowest BCUT2D eigenvalue weighted by Crippen LogP contribution is -1.98. The SMILES string of the molecule is BrCCCOc1ccccc1Sc1ccccc1. The molecule has 3 heteroatoms. The van der Waals surface area contributed by atoms with Crippen molar-refractivity contribution in [3.63, 3.8) is 0 Å². The van der Waals surface area contributed by atoms with Gasteiger partial charge in [0.15, 0.2) is 0 Å². The summed E-state index contributed by atoms with van der Waals surface area (Å²) < 4.78 is 5.80. The van der Waals surface area contributed by atoms with E-state index in [2.05, 4.69) is 46.3 Å². The van der Waals surface area contributed by atoms with Crippen LogP contribution in [0.5, 0.6) is 5.75 Å². The smallest absolute Gasteiger partial charge is 0.133 e. The number of halogens is 1. The van der Waals surface area contributed by atoms with Crippen LogP contribution in [0.3, 0.4) is 0 Å². The van der Waals surface area contributed by atoms with Gasteiger partial charge in [-0.05, 0) is 30.7 Å². The largest absolute Gasteiger partial charge is 0.492 e. The molecule has 94 valence electrons. The van der Waals surface area contributed by atoms with Gasteiger partial charge in [0.2, 0.25) is 0 Å². The minimum Gasteiger partial charge on any atom is -0.492 e. The fourth-order valence-electron chi connectivity index (χ4n) is 1.51. The Balaban J connectivity index is 2.07. The van der Waals surface area contributed by atoms with Gasteiger partial charge in [-0.2, -0.15) is 0 Å². The molecule has 2 aromatic rings. The van der Waals surface area contributed by atoms with Crippen LogP contribution in [-0.4, -0.2) is 11.9 Å². The number of ether oxygens (including phenoxy) is 1. The Morgan fingerprint density at radius 2 is 1.67 bits per heavy atom. The highest BCUT2D eigenvalue weighted by atomic mass is 79.9. The lowest BCUT2D eigenvalue weighted by molar-refractivity contribution is 0.312. The molecule has 2 rings (SSSR count). The van der Waals surface area contributed by atoms with Crippen LogP contribution >= 0.6 is 27.7 Å². The summed E-state index contributed by atoms with van der Waals surface area (Å²) in [6, 6.07) is 18.5. The Morgan fingerprint density at radius 3 is 2.44 bits per heavy atom. The normalized spacial score (nSPS) is 10.3. The fourth-order valence-corrected chi connectivity index (χ4v) is 2.66.